The number of sulfone groups is 1. The molecule has 0 saturated carbocycles. The third-order valence-electron chi connectivity index (χ3n) is 3.12. The number of benzene rings is 1. The predicted molar refractivity (Wildman–Crippen MR) is 75.1 cm³/mol. The van der Waals surface area contributed by atoms with Gasteiger partial charge in [0, 0.05) is 22.9 Å². The Balaban J connectivity index is 2.47. The van der Waals surface area contributed by atoms with Gasteiger partial charge in [0.1, 0.15) is 5.25 Å². The van der Waals surface area contributed by atoms with Crippen LogP contribution in [0.5, 0.6) is 0 Å². The Hall–Kier alpha value is -1.75. The van der Waals surface area contributed by atoms with E-state index in [0.29, 0.717) is 5.56 Å². The molecule has 100 valence electrons. The molecular formula is C14H15NO3S. The van der Waals surface area contributed by atoms with Crippen LogP contribution in [0.3, 0.4) is 0 Å². The first-order valence-corrected chi connectivity index (χ1v) is 7.85. The minimum atomic E-state index is -3.38. The summed E-state index contributed by atoms with van der Waals surface area (Å²) in [5.41, 5.74) is 2.09. The first-order valence-electron chi connectivity index (χ1n) is 5.89. The summed E-state index contributed by atoms with van der Waals surface area (Å²) in [7, 11) is -3.38. The number of rotatable bonds is 3. The minimum Gasteiger partial charge on any atom is -0.293 e. The first kappa shape index (κ1) is 13.7. The molecule has 0 N–H and O–H groups in total. The number of ketones is 1. The van der Waals surface area contributed by atoms with Gasteiger partial charge in [0.05, 0.1) is 5.52 Å². The molecule has 2 rings (SSSR count). The van der Waals surface area contributed by atoms with E-state index in [1.807, 2.05) is 19.1 Å². The summed E-state index contributed by atoms with van der Waals surface area (Å²) in [5, 5.41) is -0.194. The highest BCUT2D eigenvalue weighted by Crippen LogP contribution is 2.17. The van der Waals surface area contributed by atoms with Crippen LogP contribution in [-0.2, 0) is 9.84 Å². The lowest BCUT2D eigenvalue weighted by Crippen LogP contribution is -2.26. The fourth-order valence-electron chi connectivity index (χ4n) is 1.81. The van der Waals surface area contributed by atoms with Crippen molar-refractivity contribution in [2.24, 2.45) is 0 Å². The van der Waals surface area contributed by atoms with Gasteiger partial charge >= 0.3 is 0 Å². The Bertz CT molecular complexity index is 750. The maximum atomic E-state index is 12.1. The van der Waals surface area contributed by atoms with E-state index >= 15 is 0 Å². The maximum Gasteiger partial charge on any atom is 0.180 e. The summed E-state index contributed by atoms with van der Waals surface area (Å²) in [5.74, 6) is -0.384. The van der Waals surface area contributed by atoms with Gasteiger partial charge in [-0.2, -0.15) is 0 Å². The molecule has 0 aliphatic heterocycles. The Kier molecular flexibility index (Phi) is 3.41. The molecule has 0 aliphatic carbocycles. The number of carbonyl (C=O) groups is 1. The Morgan fingerprint density at radius 1 is 1.21 bits per heavy atom. The van der Waals surface area contributed by atoms with E-state index in [0.717, 1.165) is 22.9 Å². The van der Waals surface area contributed by atoms with Crippen LogP contribution in [0.1, 0.15) is 23.0 Å². The average Bonchev–Trinajstić information content (AvgIpc) is 2.35. The lowest BCUT2D eigenvalue weighted by Gasteiger charge is -2.09. The van der Waals surface area contributed by atoms with Crippen LogP contribution >= 0.6 is 0 Å². The standard InChI is InChI=1S/C14H15NO3S/c1-9-4-5-11-8-12(6-7-13(11)15-9)14(16)10(2)19(3,17)18/h4-8,10H,1-3H3. The lowest BCUT2D eigenvalue weighted by atomic mass is 10.1. The van der Waals surface area contributed by atoms with Crippen molar-refractivity contribution < 1.29 is 13.2 Å². The van der Waals surface area contributed by atoms with Gasteiger partial charge < -0.3 is 0 Å². The molecule has 1 heterocycles. The van der Waals surface area contributed by atoms with Crippen LogP contribution in [0.15, 0.2) is 30.3 Å². The molecule has 0 aliphatic rings. The third kappa shape index (κ3) is 2.81. The summed E-state index contributed by atoms with van der Waals surface area (Å²) < 4.78 is 22.8. The topological polar surface area (TPSA) is 64.1 Å². The molecular weight excluding hydrogens is 262 g/mol. The van der Waals surface area contributed by atoms with E-state index in [4.69, 9.17) is 0 Å². The van der Waals surface area contributed by atoms with Crippen LogP contribution in [0, 0.1) is 6.92 Å². The van der Waals surface area contributed by atoms with E-state index < -0.39 is 15.1 Å². The molecule has 1 aromatic carbocycles. The molecule has 4 nitrogen and oxygen atoms in total. The Labute approximate surface area is 112 Å². The lowest BCUT2D eigenvalue weighted by molar-refractivity contribution is 0.0992. The van der Waals surface area contributed by atoms with Gasteiger partial charge in [-0.15, -0.1) is 0 Å². The number of aromatic nitrogens is 1. The van der Waals surface area contributed by atoms with Gasteiger partial charge in [-0.1, -0.05) is 6.07 Å². The van der Waals surface area contributed by atoms with Crippen LogP contribution in [0.4, 0.5) is 0 Å². The van der Waals surface area contributed by atoms with Crippen LogP contribution in [0.25, 0.3) is 10.9 Å². The average molecular weight is 277 g/mol. The van der Waals surface area contributed by atoms with Crippen molar-refractivity contribution in [3.63, 3.8) is 0 Å². The molecule has 1 aromatic heterocycles. The van der Waals surface area contributed by atoms with Crippen molar-refractivity contribution >= 4 is 26.5 Å². The molecule has 1 unspecified atom stereocenters. The highest BCUT2D eigenvalue weighted by atomic mass is 32.2. The summed E-state index contributed by atoms with van der Waals surface area (Å²) in [6, 6.07) is 8.78. The molecule has 0 spiro atoms. The molecule has 5 heteroatoms. The SMILES string of the molecule is Cc1ccc2cc(C(=O)C(C)S(C)(=O)=O)ccc2n1. The predicted octanol–water partition coefficient (Wildman–Crippen LogP) is 2.16. The van der Waals surface area contributed by atoms with E-state index in [-0.39, 0.29) is 5.78 Å². The van der Waals surface area contributed by atoms with Gasteiger partial charge in [-0.25, -0.2) is 8.42 Å². The Morgan fingerprint density at radius 3 is 2.53 bits per heavy atom. The molecule has 0 amide bonds. The van der Waals surface area contributed by atoms with Crippen LogP contribution in [0.2, 0.25) is 0 Å². The number of hydrogen-bond donors (Lipinski definition) is 0. The smallest absolute Gasteiger partial charge is 0.180 e. The van der Waals surface area contributed by atoms with Crippen molar-refractivity contribution in [1.82, 2.24) is 4.98 Å². The zero-order chi connectivity index (χ0) is 14.2. The van der Waals surface area contributed by atoms with Gasteiger partial charge in [-0.3, -0.25) is 9.78 Å². The third-order valence-corrected chi connectivity index (χ3v) is 4.62. The van der Waals surface area contributed by atoms with Crippen molar-refractivity contribution in [2.75, 3.05) is 6.26 Å². The molecule has 1 atom stereocenters. The second kappa shape index (κ2) is 4.74. The largest absolute Gasteiger partial charge is 0.293 e. The number of Topliss-reactive ketones (excluding diaryl/α,β-unsaturated/α-hetero) is 1. The van der Waals surface area contributed by atoms with Gasteiger partial charge in [0.2, 0.25) is 0 Å². The highest BCUT2D eigenvalue weighted by Gasteiger charge is 2.24. The number of nitrogens with zero attached hydrogens (tertiary/aromatic N) is 1. The molecule has 0 fully saturated rings. The second-order valence-electron chi connectivity index (χ2n) is 4.70. The second-order valence-corrected chi connectivity index (χ2v) is 7.06. The van der Waals surface area contributed by atoms with Crippen LogP contribution < -0.4 is 0 Å². The van der Waals surface area contributed by atoms with E-state index in [9.17, 15) is 13.2 Å². The van der Waals surface area contributed by atoms with Crippen LogP contribution in [-0.4, -0.2) is 30.7 Å². The summed E-state index contributed by atoms with van der Waals surface area (Å²) in [6.07, 6.45) is 1.07. The number of pyridine rings is 1. The van der Waals surface area contributed by atoms with E-state index in [1.165, 1.54) is 6.92 Å². The highest BCUT2D eigenvalue weighted by molar-refractivity contribution is 7.92. The molecule has 19 heavy (non-hydrogen) atoms. The minimum absolute atomic E-state index is 0.384. The number of hydrogen-bond acceptors (Lipinski definition) is 4. The maximum absolute atomic E-state index is 12.1. The summed E-state index contributed by atoms with van der Waals surface area (Å²) in [4.78, 5) is 16.4. The van der Waals surface area contributed by atoms with Crippen molar-refractivity contribution in [3.8, 4) is 0 Å². The van der Waals surface area contributed by atoms with Crippen molar-refractivity contribution in [3.05, 3.63) is 41.6 Å². The fourth-order valence-corrected chi connectivity index (χ4v) is 2.33. The zero-order valence-electron chi connectivity index (χ0n) is 11.0. The van der Waals surface area contributed by atoms with E-state index in [2.05, 4.69) is 4.98 Å². The Morgan fingerprint density at radius 2 is 1.89 bits per heavy atom. The number of aryl methyl sites for hydroxylation is 1. The van der Waals surface area contributed by atoms with E-state index in [1.54, 1.807) is 18.2 Å². The van der Waals surface area contributed by atoms with Gasteiger partial charge in [0.25, 0.3) is 0 Å². The molecule has 0 bridgehead atoms. The number of carbonyl (C=O) groups excluding carboxylic acids is 1. The van der Waals surface area contributed by atoms with Gasteiger partial charge in [0.15, 0.2) is 15.6 Å². The molecule has 2 aromatic rings. The van der Waals surface area contributed by atoms with Gasteiger partial charge in [-0.05, 0) is 38.1 Å². The molecule has 0 saturated heterocycles. The van der Waals surface area contributed by atoms with Crippen molar-refractivity contribution in [1.29, 1.82) is 0 Å². The first-order chi connectivity index (χ1) is 8.79. The fraction of sp³-hybridized carbons (Fsp3) is 0.286. The monoisotopic (exact) mass is 277 g/mol. The summed E-state index contributed by atoms with van der Waals surface area (Å²) in [6.45, 7) is 3.31. The summed E-state index contributed by atoms with van der Waals surface area (Å²) >= 11 is 0. The normalized spacial score (nSPS) is 13.4. The molecule has 0 radical (unpaired) electrons. The zero-order valence-corrected chi connectivity index (χ0v) is 11.9. The quantitative estimate of drug-likeness (QED) is 0.806. The van der Waals surface area contributed by atoms with Crippen molar-refractivity contribution in [2.45, 2.75) is 19.1 Å². The number of fused-ring (bicyclic) bond motifs is 1.